The van der Waals surface area contributed by atoms with Crippen LogP contribution in [0, 0.1) is 12.7 Å². The van der Waals surface area contributed by atoms with Gasteiger partial charge in [-0.3, -0.25) is 4.79 Å². The Bertz CT molecular complexity index is 788. The Balaban J connectivity index is 1.89. The van der Waals surface area contributed by atoms with E-state index in [0.29, 0.717) is 0 Å². The standard InChI is InChI=1S/C16H16FNO4S/c1-12-6-8-14(9-7-12)23(20,21)18-10-16(19)22-11-13-4-2-3-5-15(13)17/h2-9,18H,10-11H2,1H3. The third-order valence-corrected chi connectivity index (χ3v) is 4.50. The molecule has 0 aliphatic rings. The van der Waals surface area contributed by atoms with Crippen LogP contribution in [0.15, 0.2) is 53.4 Å². The van der Waals surface area contributed by atoms with Crippen molar-refractivity contribution in [1.82, 2.24) is 4.72 Å². The van der Waals surface area contributed by atoms with Gasteiger partial charge in [-0.15, -0.1) is 0 Å². The number of rotatable bonds is 6. The predicted molar refractivity (Wildman–Crippen MR) is 82.6 cm³/mol. The quantitative estimate of drug-likeness (QED) is 0.820. The van der Waals surface area contributed by atoms with Gasteiger partial charge in [0.2, 0.25) is 10.0 Å². The van der Waals surface area contributed by atoms with Crippen molar-refractivity contribution in [3.63, 3.8) is 0 Å². The lowest BCUT2D eigenvalue weighted by molar-refractivity contribution is -0.143. The number of esters is 1. The summed E-state index contributed by atoms with van der Waals surface area (Å²) in [5, 5.41) is 0. The van der Waals surface area contributed by atoms with Gasteiger partial charge in [-0.2, -0.15) is 4.72 Å². The predicted octanol–water partition coefficient (Wildman–Crippen LogP) is 2.16. The molecule has 0 saturated carbocycles. The number of aryl methyl sites for hydroxylation is 1. The molecule has 7 heteroatoms. The zero-order valence-corrected chi connectivity index (χ0v) is 13.3. The molecular formula is C16H16FNO4S. The molecule has 0 bridgehead atoms. The molecule has 0 aromatic heterocycles. The van der Waals surface area contributed by atoms with Crippen molar-refractivity contribution in [2.45, 2.75) is 18.4 Å². The average molecular weight is 337 g/mol. The van der Waals surface area contributed by atoms with Gasteiger partial charge in [0.1, 0.15) is 19.0 Å². The van der Waals surface area contributed by atoms with Crippen molar-refractivity contribution in [1.29, 1.82) is 0 Å². The fraction of sp³-hybridized carbons (Fsp3) is 0.188. The molecule has 0 radical (unpaired) electrons. The summed E-state index contributed by atoms with van der Waals surface area (Å²) in [5.74, 6) is -1.27. The van der Waals surface area contributed by atoms with Crippen molar-refractivity contribution in [2.75, 3.05) is 6.54 Å². The maximum atomic E-state index is 13.4. The van der Waals surface area contributed by atoms with Crippen LogP contribution in [0.25, 0.3) is 0 Å². The highest BCUT2D eigenvalue weighted by molar-refractivity contribution is 7.89. The summed E-state index contributed by atoms with van der Waals surface area (Å²) in [5.41, 5.74) is 1.15. The van der Waals surface area contributed by atoms with Gasteiger partial charge in [0, 0.05) is 5.56 Å². The minimum absolute atomic E-state index is 0.0602. The largest absolute Gasteiger partial charge is 0.460 e. The highest BCUT2D eigenvalue weighted by Crippen LogP contribution is 2.10. The van der Waals surface area contributed by atoms with Gasteiger partial charge in [-0.1, -0.05) is 35.9 Å². The van der Waals surface area contributed by atoms with E-state index in [-0.39, 0.29) is 17.1 Å². The van der Waals surface area contributed by atoms with E-state index in [4.69, 9.17) is 4.74 Å². The van der Waals surface area contributed by atoms with E-state index in [1.165, 1.54) is 30.3 Å². The summed E-state index contributed by atoms with van der Waals surface area (Å²) in [4.78, 5) is 11.6. The van der Waals surface area contributed by atoms with Crippen LogP contribution in [-0.2, 0) is 26.2 Å². The van der Waals surface area contributed by atoms with Crippen molar-refractivity contribution < 1.29 is 22.3 Å². The van der Waals surface area contributed by atoms with Gasteiger partial charge in [0.05, 0.1) is 4.90 Å². The highest BCUT2D eigenvalue weighted by Gasteiger charge is 2.16. The van der Waals surface area contributed by atoms with Crippen molar-refractivity contribution >= 4 is 16.0 Å². The number of hydrogen-bond acceptors (Lipinski definition) is 4. The normalized spacial score (nSPS) is 11.2. The van der Waals surface area contributed by atoms with Crippen LogP contribution in [0.3, 0.4) is 0 Å². The molecule has 0 heterocycles. The second-order valence-electron chi connectivity index (χ2n) is 4.89. The zero-order valence-electron chi connectivity index (χ0n) is 12.5. The molecule has 0 aliphatic carbocycles. The van der Waals surface area contributed by atoms with E-state index in [1.54, 1.807) is 18.2 Å². The Kier molecular flexibility index (Phi) is 5.46. The maximum Gasteiger partial charge on any atom is 0.321 e. The van der Waals surface area contributed by atoms with Gasteiger partial charge in [-0.05, 0) is 25.1 Å². The second kappa shape index (κ2) is 7.34. The summed E-state index contributed by atoms with van der Waals surface area (Å²) in [6.07, 6.45) is 0. The van der Waals surface area contributed by atoms with E-state index < -0.39 is 28.4 Å². The number of carbonyl (C=O) groups is 1. The van der Waals surface area contributed by atoms with E-state index in [9.17, 15) is 17.6 Å². The van der Waals surface area contributed by atoms with E-state index in [0.717, 1.165) is 5.56 Å². The van der Waals surface area contributed by atoms with Crippen LogP contribution in [0.1, 0.15) is 11.1 Å². The summed E-state index contributed by atoms with van der Waals surface area (Å²) in [7, 11) is -3.79. The molecule has 122 valence electrons. The summed E-state index contributed by atoms with van der Waals surface area (Å²) < 4.78 is 44.4. The number of nitrogens with one attached hydrogen (secondary N) is 1. The van der Waals surface area contributed by atoms with E-state index in [1.807, 2.05) is 6.92 Å². The molecule has 0 amide bonds. The molecule has 5 nitrogen and oxygen atoms in total. The van der Waals surface area contributed by atoms with E-state index in [2.05, 4.69) is 4.72 Å². The van der Waals surface area contributed by atoms with Crippen molar-refractivity contribution in [3.05, 3.63) is 65.5 Å². The van der Waals surface area contributed by atoms with Crippen LogP contribution in [0.4, 0.5) is 4.39 Å². The monoisotopic (exact) mass is 337 g/mol. The number of benzene rings is 2. The molecule has 0 aliphatic heterocycles. The van der Waals surface area contributed by atoms with Gasteiger partial charge in [-0.25, -0.2) is 12.8 Å². The Hall–Kier alpha value is -2.25. The molecule has 0 unspecified atom stereocenters. The fourth-order valence-corrected chi connectivity index (χ4v) is 2.75. The Morgan fingerprint density at radius 2 is 1.78 bits per heavy atom. The molecule has 1 N–H and O–H groups in total. The van der Waals surface area contributed by atoms with Gasteiger partial charge in [0.25, 0.3) is 0 Å². The lowest BCUT2D eigenvalue weighted by Crippen LogP contribution is -2.30. The van der Waals surface area contributed by atoms with Gasteiger partial charge >= 0.3 is 5.97 Å². The number of ether oxygens (including phenoxy) is 1. The molecule has 2 aromatic rings. The summed E-state index contributed by atoms with van der Waals surface area (Å²) in [6, 6.07) is 12.1. The third-order valence-electron chi connectivity index (χ3n) is 3.08. The number of sulfonamides is 1. The summed E-state index contributed by atoms with van der Waals surface area (Å²) in [6.45, 7) is 1.06. The van der Waals surface area contributed by atoms with Crippen LogP contribution in [-0.4, -0.2) is 20.9 Å². The second-order valence-corrected chi connectivity index (χ2v) is 6.66. The van der Waals surface area contributed by atoms with Crippen LogP contribution in [0.2, 0.25) is 0 Å². The van der Waals surface area contributed by atoms with Crippen LogP contribution >= 0.6 is 0 Å². The average Bonchev–Trinajstić information content (AvgIpc) is 2.53. The molecule has 0 fully saturated rings. The lowest BCUT2D eigenvalue weighted by atomic mass is 10.2. The molecule has 0 saturated heterocycles. The van der Waals surface area contributed by atoms with Gasteiger partial charge < -0.3 is 4.74 Å². The molecule has 23 heavy (non-hydrogen) atoms. The third kappa shape index (κ3) is 4.87. The molecule has 0 atom stereocenters. The minimum Gasteiger partial charge on any atom is -0.460 e. The molecule has 2 aromatic carbocycles. The number of hydrogen-bond donors (Lipinski definition) is 1. The van der Waals surface area contributed by atoms with Crippen molar-refractivity contribution in [3.8, 4) is 0 Å². The Morgan fingerprint density at radius 1 is 1.13 bits per heavy atom. The van der Waals surface area contributed by atoms with E-state index >= 15 is 0 Å². The first-order chi connectivity index (χ1) is 10.9. The lowest BCUT2D eigenvalue weighted by Gasteiger charge is -2.08. The first-order valence-electron chi connectivity index (χ1n) is 6.84. The molecular weight excluding hydrogens is 321 g/mol. The number of halogens is 1. The Morgan fingerprint density at radius 3 is 2.43 bits per heavy atom. The van der Waals surface area contributed by atoms with Crippen LogP contribution in [0.5, 0.6) is 0 Å². The summed E-state index contributed by atoms with van der Waals surface area (Å²) >= 11 is 0. The topological polar surface area (TPSA) is 72.5 Å². The Labute approximate surface area is 134 Å². The zero-order chi connectivity index (χ0) is 16.9. The maximum absolute atomic E-state index is 13.4. The van der Waals surface area contributed by atoms with Gasteiger partial charge in [0.15, 0.2) is 0 Å². The first kappa shape index (κ1) is 17.1. The molecule has 0 spiro atoms. The fourth-order valence-electron chi connectivity index (χ4n) is 1.78. The van der Waals surface area contributed by atoms with Crippen molar-refractivity contribution in [2.24, 2.45) is 0 Å². The smallest absolute Gasteiger partial charge is 0.321 e. The first-order valence-corrected chi connectivity index (χ1v) is 8.32. The minimum atomic E-state index is -3.79. The molecule has 2 rings (SSSR count). The highest BCUT2D eigenvalue weighted by atomic mass is 32.2. The van der Waals surface area contributed by atoms with Crippen LogP contribution < -0.4 is 4.72 Å². The number of carbonyl (C=O) groups excluding carboxylic acids is 1. The SMILES string of the molecule is Cc1ccc(S(=O)(=O)NCC(=O)OCc2ccccc2F)cc1.